The van der Waals surface area contributed by atoms with E-state index < -0.39 is 0 Å². The summed E-state index contributed by atoms with van der Waals surface area (Å²) in [4.78, 5) is 19.1. The zero-order valence-electron chi connectivity index (χ0n) is 15.6. The summed E-state index contributed by atoms with van der Waals surface area (Å²) in [6.07, 6.45) is 4.61. The van der Waals surface area contributed by atoms with Gasteiger partial charge in [0, 0.05) is 54.9 Å². The summed E-state index contributed by atoms with van der Waals surface area (Å²) < 4.78 is 2.26. The molecule has 0 spiro atoms. The van der Waals surface area contributed by atoms with Gasteiger partial charge in [0.2, 0.25) is 5.91 Å². The van der Waals surface area contributed by atoms with E-state index in [0.717, 1.165) is 30.8 Å². The first-order chi connectivity index (χ1) is 13.7. The van der Waals surface area contributed by atoms with Crippen molar-refractivity contribution in [2.45, 2.75) is 19.0 Å². The maximum atomic E-state index is 12.6. The second-order valence-electron chi connectivity index (χ2n) is 6.97. The molecule has 0 saturated carbocycles. The Morgan fingerprint density at radius 1 is 1.11 bits per heavy atom. The van der Waals surface area contributed by atoms with Crippen molar-refractivity contribution in [2.24, 2.45) is 0 Å². The molecule has 144 valence electrons. The SMILES string of the molecule is O=C(CN1CCn2cccc2C1c1ccc(Cl)cc1)NCCc1ccccn1. The van der Waals surface area contributed by atoms with Crippen molar-refractivity contribution in [3.63, 3.8) is 0 Å². The second-order valence-corrected chi connectivity index (χ2v) is 7.41. The van der Waals surface area contributed by atoms with Gasteiger partial charge in [-0.1, -0.05) is 29.8 Å². The number of rotatable bonds is 6. The van der Waals surface area contributed by atoms with E-state index in [2.05, 4.69) is 38.1 Å². The van der Waals surface area contributed by atoms with Crippen LogP contribution in [0.4, 0.5) is 0 Å². The molecule has 0 saturated heterocycles. The number of hydrogen-bond acceptors (Lipinski definition) is 3. The van der Waals surface area contributed by atoms with E-state index in [0.29, 0.717) is 18.1 Å². The maximum absolute atomic E-state index is 12.6. The van der Waals surface area contributed by atoms with E-state index in [4.69, 9.17) is 11.6 Å². The van der Waals surface area contributed by atoms with Crippen molar-refractivity contribution in [1.29, 1.82) is 0 Å². The Hall–Kier alpha value is -2.63. The number of carbonyl (C=O) groups excluding carboxylic acids is 1. The molecule has 0 fully saturated rings. The minimum Gasteiger partial charge on any atom is -0.355 e. The quantitative estimate of drug-likeness (QED) is 0.697. The Kier molecular flexibility index (Phi) is 5.74. The van der Waals surface area contributed by atoms with Crippen LogP contribution in [-0.2, 0) is 17.8 Å². The van der Waals surface area contributed by atoms with Crippen LogP contribution in [0.15, 0.2) is 67.0 Å². The molecule has 1 atom stereocenters. The van der Waals surface area contributed by atoms with Gasteiger partial charge in [-0.3, -0.25) is 14.7 Å². The number of hydrogen-bond donors (Lipinski definition) is 1. The minimum atomic E-state index is 0.0369. The molecular formula is C22H23ClN4O. The van der Waals surface area contributed by atoms with Gasteiger partial charge in [0.05, 0.1) is 12.6 Å². The molecule has 1 amide bonds. The molecule has 1 aromatic carbocycles. The van der Waals surface area contributed by atoms with Crippen LogP contribution < -0.4 is 5.32 Å². The zero-order chi connectivity index (χ0) is 19.3. The van der Waals surface area contributed by atoms with Crippen molar-refractivity contribution in [3.05, 3.63) is 89.0 Å². The zero-order valence-corrected chi connectivity index (χ0v) is 16.3. The first-order valence-electron chi connectivity index (χ1n) is 9.52. The fourth-order valence-electron chi connectivity index (χ4n) is 3.74. The predicted octanol–water partition coefficient (Wildman–Crippen LogP) is 3.30. The molecular weight excluding hydrogens is 372 g/mol. The van der Waals surface area contributed by atoms with Crippen molar-refractivity contribution >= 4 is 17.5 Å². The molecule has 4 rings (SSSR count). The van der Waals surface area contributed by atoms with E-state index in [1.54, 1.807) is 6.20 Å². The van der Waals surface area contributed by atoms with Crippen molar-refractivity contribution in [3.8, 4) is 0 Å². The molecule has 5 nitrogen and oxygen atoms in total. The largest absolute Gasteiger partial charge is 0.355 e. The number of amides is 1. The van der Waals surface area contributed by atoms with Crippen molar-refractivity contribution < 1.29 is 4.79 Å². The van der Waals surface area contributed by atoms with Gasteiger partial charge in [-0.15, -0.1) is 0 Å². The van der Waals surface area contributed by atoms with E-state index in [-0.39, 0.29) is 11.9 Å². The number of carbonyl (C=O) groups is 1. The maximum Gasteiger partial charge on any atom is 0.234 e. The van der Waals surface area contributed by atoms with Gasteiger partial charge in [-0.25, -0.2) is 0 Å². The number of halogens is 1. The first-order valence-corrected chi connectivity index (χ1v) is 9.89. The van der Waals surface area contributed by atoms with Crippen LogP contribution >= 0.6 is 11.6 Å². The second kappa shape index (κ2) is 8.59. The third kappa shape index (κ3) is 4.26. The molecule has 1 aliphatic heterocycles. The molecule has 6 heteroatoms. The molecule has 28 heavy (non-hydrogen) atoms. The van der Waals surface area contributed by atoms with Gasteiger partial charge < -0.3 is 9.88 Å². The lowest BCUT2D eigenvalue weighted by Gasteiger charge is -2.36. The monoisotopic (exact) mass is 394 g/mol. The highest BCUT2D eigenvalue weighted by atomic mass is 35.5. The van der Waals surface area contributed by atoms with E-state index in [1.165, 1.54) is 5.69 Å². The third-order valence-corrected chi connectivity index (χ3v) is 5.35. The van der Waals surface area contributed by atoms with Crippen molar-refractivity contribution in [1.82, 2.24) is 19.8 Å². The van der Waals surface area contributed by atoms with Gasteiger partial charge in [0.15, 0.2) is 0 Å². The lowest BCUT2D eigenvalue weighted by Crippen LogP contribution is -2.44. The van der Waals surface area contributed by atoms with E-state index in [1.807, 2.05) is 42.5 Å². The number of nitrogens with zero attached hydrogens (tertiary/aromatic N) is 3. The standard InChI is InChI=1S/C22H23ClN4O/c23-18-8-6-17(7-9-18)22-20-5-3-13-26(20)14-15-27(22)16-21(28)25-12-10-19-4-1-2-11-24-19/h1-9,11,13,22H,10,12,14-16H2,(H,25,28). The smallest absolute Gasteiger partial charge is 0.234 e. The Morgan fingerprint density at radius 2 is 1.96 bits per heavy atom. The van der Waals surface area contributed by atoms with Crippen LogP contribution in [0.3, 0.4) is 0 Å². The molecule has 1 aliphatic rings. The first kappa shape index (κ1) is 18.7. The van der Waals surface area contributed by atoms with Gasteiger partial charge in [0.1, 0.15) is 0 Å². The summed E-state index contributed by atoms with van der Waals surface area (Å²) in [5.74, 6) is 0.0369. The normalized spacial score (nSPS) is 16.5. The molecule has 3 heterocycles. The van der Waals surface area contributed by atoms with Crippen LogP contribution in [-0.4, -0.2) is 40.0 Å². The molecule has 1 N–H and O–H groups in total. The van der Waals surface area contributed by atoms with Crippen LogP contribution in [0.2, 0.25) is 5.02 Å². The molecule has 2 aromatic heterocycles. The highest BCUT2D eigenvalue weighted by Crippen LogP contribution is 2.32. The number of pyridine rings is 1. The molecule has 1 unspecified atom stereocenters. The lowest BCUT2D eigenvalue weighted by molar-refractivity contribution is -0.122. The highest BCUT2D eigenvalue weighted by Gasteiger charge is 2.29. The number of benzene rings is 1. The average Bonchev–Trinajstić information content (AvgIpc) is 3.18. The molecule has 3 aromatic rings. The van der Waals surface area contributed by atoms with Crippen LogP contribution in [0.25, 0.3) is 0 Å². The van der Waals surface area contributed by atoms with E-state index in [9.17, 15) is 4.79 Å². The average molecular weight is 395 g/mol. The third-order valence-electron chi connectivity index (χ3n) is 5.10. The molecule has 0 radical (unpaired) electrons. The Labute approximate surface area is 170 Å². The summed E-state index contributed by atoms with van der Waals surface area (Å²) in [6.45, 7) is 2.66. The minimum absolute atomic E-state index is 0.0369. The van der Waals surface area contributed by atoms with Gasteiger partial charge in [-0.05, 0) is 42.0 Å². The van der Waals surface area contributed by atoms with Gasteiger partial charge in [0.25, 0.3) is 0 Å². The van der Waals surface area contributed by atoms with E-state index >= 15 is 0 Å². The fraction of sp³-hybridized carbons (Fsp3) is 0.273. The fourth-order valence-corrected chi connectivity index (χ4v) is 3.87. The Bertz CT molecular complexity index is 923. The number of aromatic nitrogens is 2. The van der Waals surface area contributed by atoms with Gasteiger partial charge >= 0.3 is 0 Å². The lowest BCUT2D eigenvalue weighted by atomic mass is 10.00. The van der Waals surface area contributed by atoms with Crippen molar-refractivity contribution in [2.75, 3.05) is 19.6 Å². The Morgan fingerprint density at radius 3 is 2.75 bits per heavy atom. The molecule has 0 aliphatic carbocycles. The number of fused-ring (bicyclic) bond motifs is 1. The summed E-state index contributed by atoms with van der Waals surface area (Å²) >= 11 is 6.07. The summed E-state index contributed by atoms with van der Waals surface area (Å²) in [6, 6.07) is 18.0. The summed E-state index contributed by atoms with van der Waals surface area (Å²) in [5, 5.41) is 3.75. The summed E-state index contributed by atoms with van der Waals surface area (Å²) in [5.41, 5.74) is 3.33. The summed E-state index contributed by atoms with van der Waals surface area (Å²) in [7, 11) is 0. The Balaban J connectivity index is 1.43. The van der Waals surface area contributed by atoms with Gasteiger partial charge in [-0.2, -0.15) is 0 Å². The number of nitrogens with one attached hydrogen (secondary N) is 1. The predicted molar refractivity (Wildman–Crippen MR) is 110 cm³/mol. The topological polar surface area (TPSA) is 50.2 Å². The molecule has 0 bridgehead atoms. The van der Waals surface area contributed by atoms with Crippen LogP contribution in [0.5, 0.6) is 0 Å². The van der Waals surface area contributed by atoms with Crippen LogP contribution in [0.1, 0.15) is 23.0 Å². The van der Waals surface area contributed by atoms with Crippen LogP contribution in [0, 0.1) is 0 Å². The highest BCUT2D eigenvalue weighted by molar-refractivity contribution is 6.30.